The molecule has 2 rings (SSSR count). The van der Waals surface area contributed by atoms with Crippen molar-refractivity contribution >= 4 is 7.37 Å². The number of rotatable bonds is 7. The van der Waals surface area contributed by atoms with Crippen molar-refractivity contribution in [2.75, 3.05) is 26.2 Å². The number of ether oxygens (including phenoxy) is 2. The molecular formula is C14H22FN2O7P. The lowest BCUT2D eigenvalue weighted by atomic mass is 10.1. The smallest absolute Gasteiger partial charge is 0.330 e. The number of H-pyrrole nitrogens is 1. The molecule has 5 atom stereocenters. The molecule has 1 aliphatic rings. The van der Waals surface area contributed by atoms with Crippen LogP contribution in [-0.4, -0.2) is 59.3 Å². The maximum absolute atomic E-state index is 14.8. The second kappa shape index (κ2) is 7.92. The number of nitrogens with zero attached hydrogens (tertiary/aromatic N) is 1. The second-order valence-corrected chi connectivity index (χ2v) is 8.41. The third-order valence-electron chi connectivity index (χ3n) is 3.77. The molecule has 0 bridgehead atoms. The first-order chi connectivity index (χ1) is 11.7. The van der Waals surface area contributed by atoms with Crippen LogP contribution in [0.15, 0.2) is 15.8 Å². The topological polar surface area (TPSA) is 120 Å². The Bertz CT molecular complexity index is 764. The number of aromatic nitrogens is 2. The van der Waals surface area contributed by atoms with Gasteiger partial charge in [0.15, 0.2) is 12.4 Å². The van der Waals surface area contributed by atoms with E-state index in [-0.39, 0.29) is 18.5 Å². The first kappa shape index (κ1) is 20.0. The first-order valence-corrected chi connectivity index (χ1v) is 10.0. The molecule has 1 unspecified atom stereocenters. The Morgan fingerprint density at radius 3 is 2.76 bits per heavy atom. The van der Waals surface area contributed by atoms with Gasteiger partial charge >= 0.3 is 5.69 Å². The predicted octanol–water partition coefficient (Wildman–Crippen LogP) is 0.360. The van der Waals surface area contributed by atoms with Crippen molar-refractivity contribution in [2.24, 2.45) is 0 Å². The Labute approximate surface area is 143 Å². The molecule has 0 aromatic carbocycles. The summed E-state index contributed by atoms with van der Waals surface area (Å²) in [4.78, 5) is 25.4. The van der Waals surface area contributed by atoms with Crippen molar-refractivity contribution in [3.8, 4) is 0 Å². The third kappa shape index (κ3) is 4.45. The average Bonchev–Trinajstić information content (AvgIpc) is 2.85. The van der Waals surface area contributed by atoms with Gasteiger partial charge in [-0.3, -0.25) is 18.9 Å². The van der Waals surface area contributed by atoms with E-state index in [1.807, 2.05) is 0 Å². The number of aliphatic hydroxyl groups is 1. The van der Waals surface area contributed by atoms with E-state index < -0.39 is 49.8 Å². The van der Waals surface area contributed by atoms with Gasteiger partial charge < -0.3 is 19.1 Å². The van der Waals surface area contributed by atoms with E-state index >= 15 is 0 Å². The van der Waals surface area contributed by atoms with Gasteiger partial charge in [0.05, 0.1) is 13.2 Å². The summed E-state index contributed by atoms with van der Waals surface area (Å²) < 4.78 is 43.6. The van der Waals surface area contributed by atoms with Crippen LogP contribution in [0.25, 0.3) is 0 Å². The first-order valence-electron chi connectivity index (χ1n) is 7.75. The van der Waals surface area contributed by atoms with E-state index in [9.17, 15) is 23.7 Å². The van der Waals surface area contributed by atoms with E-state index in [1.54, 1.807) is 6.92 Å². The number of halogens is 1. The number of nitrogens with one attached hydrogen (secondary N) is 1. The van der Waals surface area contributed by atoms with Gasteiger partial charge in [0.1, 0.15) is 18.6 Å². The van der Waals surface area contributed by atoms with E-state index in [0.717, 1.165) is 4.57 Å². The summed E-state index contributed by atoms with van der Waals surface area (Å²) in [7, 11) is -3.07. The van der Waals surface area contributed by atoms with Crippen LogP contribution in [0.4, 0.5) is 4.39 Å². The summed E-state index contributed by atoms with van der Waals surface area (Å²) in [6, 6.07) is 0. The molecule has 1 aliphatic heterocycles. The lowest BCUT2D eigenvalue weighted by molar-refractivity contribution is -0.0572. The van der Waals surface area contributed by atoms with Crippen molar-refractivity contribution in [1.29, 1.82) is 0 Å². The van der Waals surface area contributed by atoms with Crippen molar-refractivity contribution in [1.82, 2.24) is 9.55 Å². The zero-order valence-electron chi connectivity index (χ0n) is 14.2. The molecule has 0 spiro atoms. The quantitative estimate of drug-likeness (QED) is 0.656. The SMILES string of the molecule is CCOP(C)(=O)CO[C@@H]1[C@@H](F)[C@@H](n2cc(C)c(=O)[nH]c2=O)O[C@H]1CO. The summed E-state index contributed by atoms with van der Waals surface area (Å²) in [5.74, 6) is 0. The van der Waals surface area contributed by atoms with Gasteiger partial charge in [-0.1, -0.05) is 0 Å². The fourth-order valence-corrected chi connectivity index (χ4v) is 3.63. The number of aliphatic hydroxyl groups excluding tert-OH is 1. The van der Waals surface area contributed by atoms with Crippen LogP contribution in [0, 0.1) is 6.92 Å². The van der Waals surface area contributed by atoms with Gasteiger partial charge in [-0.15, -0.1) is 0 Å². The molecule has 11 heteroatoms. The van der Waals surface area contributed by atoms with Crippen LogP contribution in [-0.2, 0) is 18.6 Å². The maximum Gasteiger partial charge on any atom is 0.330 e. The number of aromatic amines is 1. The van der Waals surface area contributed by atoms with E-state index in [0.29, 0.717) is 0 Å². The highest BCUT2D eigenvalue weighted by Crippen LogP contribution is 2.44. The molecule has 0 aliphatic carbocycles. The summed E-state index contributed by atoms with van der Waals surface area (Å²) >= 11 is 0. The lowest BCUT2D eigenvalue weighted by Gasteiger charge is -2.21. The van der Waals surface area contributed by atoms with Crippen molar-refractivity contribution < 1.29 is 28.1 Å². The molecule has 1 saturated heterocycles. The molecule has 142 valence electrons. The van der Waals surface area contributed by atoms with Crippen LogP contribution in [0.3, 0.4) is 0 Å². The molecule has 2 N–H and O–H groups in total. The standard InChI is InChI=1S/C14H22FN2O7P/c1-4-23-25(3,21)7-22-11-9(6-18)24-13(10(11)15)17-5-8(2)12(19)16-14(17)20/h5,9-11,13,18H,4,6-7H2,1-3H3,(H,16,19,20)/t9-,10+,11-,13-,25?/m0/s1. The summed E-state index contributed by atoms with van der Waals surface area (Å²) in [5, 5.41) is 9.40. The highest BCUT2D eigenvalue weighted by atomic mass is 31.2. The molecule has 0 saturated carbocycles. The van der Waals surface area contributed by atoms with Gasteiger partial charge in [0, 0.05) is 18.4 Å². The molecule has 0 radical (unpaired) electrons. The van der Waals surface area contributed by atoms with Gasteiger partial charge in [-0.25, -0.2) is 9.18 Å². The molecule has 25 heavy (non-hydrogen) atoms. The van der Waals surface area contributed by atoms with Gasteiger partial charge in [-0.2, -0.15) is 0 Å². The van der Waals surface area contributed by atoms with E-state index in [1.165, 1.54) is 19.8 Å². The minimum atomic E-state index is -3.07. The summed E-state index contributed by atoms with van der Waals surface area (Å²) in [6.45, 7) is 4.16. The molecule has 2 heterocycles. The molecule has 9 nitrogen and oxygen atoms in total. The fourth-order valence-electron chi connectivity index (χ4n) is 2.57. The largest absolute Gasteiger partial charge is 0.394 e. The Hall–Kier alpha value is -1.32. The number of alkyl halides is 1. The molecule has 1 fully saturated rings. The average molecular weight is 380 g/mol. The Morgan fingerprint density at radius 1 is 1.48 bits per heavy atom. The zero-order chi connectivity index (χ0) is 18.8. The summed E-state index contributed by atoms with van der Waals surface area (Å²) in [6.07, 6.45) is -4.66. The van der Waals surface area contributed by atoms with E-state index in [4.69, 9.17) is 14.0 Å². The summed E-state index contributed by atoms with van der Waals surface area (Å²) in [5.41, 5.74) is -1.21. The lowest BCUT2D eigenvalue weighted by Crippen LogP contribution is -2.37. The molecule has 0 amide bonds. The van der Waals surface area contributed by atoms with Crippen LogP contribution >= 0.6 is 7.37 Å². The Balaban J connectivity index is 2.22. The van der Waals surface area contributed by atoms with Gasteiger partial charge in [-0.05, 0) is 13.8 Å². The highest BCUT2D eigenvalue weighted by Gasteiger charge is 2.47. The monoisotopic (exact) mass is 380 g/mol. The zero-order valence-corrected chi connectivity index (χ0v) is 15.1. The highest BCUT2D eigenvalue weighted by molar-refractivity contribution is 7.57. The minimum absolute atomic E-state index is 0.203. The van der Waals surface area contributed by atoms with E-state index in [2.05, 4.69) is 4.98 Å². The Morgan fingerprint density at radius 2 is 2.16 bits per heavy atom. The maximum atomic E-state index is 14.8. The molecule has 1 aromatic heterocycles. The normalized spacial score (nSPS) is 28.8. The van der Waals surface area contributed by atoms with Crippen LogP contribution < -0.4 is 11.2 Å². The molecular weight excluding hydrogens is 358 g/mol. The number of hydrogen-bond acceptors (Lipinski definition) is 7. The van der Waals surface area contributed by atoms with Crippen molar-refractivity contribution in [2.45, 2.75) is 38.5 Å². The van der Waals surface area contributed by atoms with Gasteiger partial charge in [0.2, 0.25) is 7.37 Å². The predicted molar refractivity (Wildman–Crippen MR) is 86.8 cm³/mol. The van der Waals surface area contributed by atoms with Crippen LogP contribution in [0.5, 0.6) is 0 Å². The fraction of sp³-hybridized carbons (Fsp3) is 0.714. The van der Waals surface area contributed by atoms with Crippen LogP contribution in [0.1, 0.15) is 18.7 Å². The number of hydrogen-bond donors (Lipinski definition) is 2. The number of aryl methyl sites for hydroxylation is 1. The van der Waals surface area contributed by atoms with Crippen LogP contribution in [0.2, 0.25) is 0 Å². The van der Waals surface area contributed by atoms with Gasteiger partial charge in [0.25, 0.3) is 5.56 Å². The molecule has 1 aromatic rings. The van der Waals surface area contributed by atoms with Crippen molar-refractivity contribution in [3.63, 3.8) is 0 Å². The Kier molecular flexibility index (Phi) is 6.34. The minimum Gasteiger partial charge on any atom is -0.394 e. The third-order valence-corrected chi connectivity index (χ3v) is 5.19. The second-order valence-electron chi connectivity index (χ2n) is 5.86. The van der Waals surface area contributed by atoms with Crippen molar-refractivity contribution in [3.05, 3.63) is 32.6 Å².